The summed E-state index contributed by atoms with van der Waals surface area (Å²) in [4.78, 5) is 16.9. The van der Waals surface area contributed by atoms with Crippen LogP contribution in [0.3, 0.4) is 0 Å². The van der Waals surface area contributed by atoms with Crippen LogP contribution in [0.5, 0.6) is 0 Å². The second kappa shape index (κ2) is 5.77. The van der Waals surface area contributed by atoms with Gasteiger partial charge in [-0.15, -0.1) is 22.7 Å². The normalized spacial score (nSPS) is 10.2. The van der Waals surface area contributed by atoms with Crippen molar-refractivity contribution in [3.8, 4) is 0 Å². The summed E-state index contributed by atoms with van der Waals surface area (Å²) in [7, 11) is 0. The maximum absolute atomic E-state index is 11.5. The van der Waals surface area contributed by atoms with E-state index in [2.05, 4.69) is 16.4 Å². The van der Waals surface area contributed by atoms with Crippen LogP contribution >= 0.6 is 22.7 Å². The fourth-order valence-electron chi connectivity index (χ4n) is 1.29. The molecule has 1 N–H and O–H groups in total. The minimum Gasteiger partial charge on any atom is -0.350 e. The second-order valence-electron chi connectivity index (χ2n) is 3.34. The highest BCUT2D eigenvalue weighted by molar-refractivity contribution is 7.09. The van der Waals surface area contributed by atoms with Gasteiger partial charge in [-0.2, -0.15) is 0 Å². The Balaban J connectivity index is 1.69. The quantitative estimate of drug-likeness (QED) is 0.888. The summed E-state index contributed by atoms with van der Waals surface area (Å²) >= 11 is 3.23. The van der Waals surface area contributed by atoms with E-state index in [4.69, 9.17) is 0 Å². The first-order valence-electron chi connectivity index (χ1n) is 5.01. The number of thiazole rings is 1. The molecule has 0 bridgehead atoms. The topological polar surface area (TPSA) is 42.0 Å². The third kappa shape index (κ3) is 3.43. The van der Waals surface area contributed by atoms with Crippen molar-refractivity contribution in [2.24, 2.45) is 0 Å². The molecule has 0 saturated carbocycles. The van der Waals surface area contributed by atoms with Crippen LogP contribution in [-0.4, -0.2) is 10.9 Å². The molecule has 16 heavy (non-hydrogen) atoms. The van der Waals surface area contributed by atoms with E-state index in [1.165, 1.54) is 4.88 Å². The average molecular weight is 252 g/mol. The summed E-state index contributed by atoms with van der Waals surface area (Å²) in [6.45, 7) is 0.534. The maximum atomic E-state index is 11.5. The van der Waals surface area contributed by atoms with Gasteiger partial charge in [0, 0.05) is 16.7 Å². The Morgan fingerprint density at radius 2 is 2.44 bits per heavy atom. The van der Waals surface area contributed by atoms with Gasteiger partial charge in [0.05, 0.1) is 17.7 Å². The van der Waals surface area contributed by atoms with Gasteiger partial charge in [-0.1, -0.05) is 6.07 Å². The monoisotopic (exact) mass is 252 g/mol. The molecule has 3 nitrogen and oxygen atoms in total. The van der Waals surface area contributed by atoms with E-state index in [1.54, 1.807) is 28.2 Å². The Morgan fingerprint density at radius 3 is 3.12 bits per heavy atom. The van der Waals surface area contributed by atoms with Gasteiger partial charge < -0.3 is 5.32 Å². The summed E-state index contributed by atoms with van der Waals surface area (Å²) in [5.74, 6) is 0.0846. The lowest BCUT2D eigenvalue weighted by Gasteiger charge is -2.01. The molecule has 0 aliphatic heterocycles. The number of aromatic nitrogens is 1. The fraction of sp³-hybridized carbons (Fsp3) is 0.273. The number of aryl methyl sites for hydroxylation is 1. The lowest BCUT2D eigenvalue weighted by Crippen LogP contribution is -2.22. The van der Waals surface area contributed by atoms with Crippen molar-refractivity contribution in [1.82, 2.24) is 10.3 Å². The van der Waals surface area contributed by atoms with Crippen molar-refractivity contribution < 1.29 is 4.79 Å². The molecule has 2 heterocycles. The van der Waals surface area contributed by atoms with Crippen LogP contribution in [0.15, 0.2) is 28.4 Å². The number of thiophene rings is 1. The van der Waals surface area contributed by atoms with Crippen LogP contribution in [0.2, 0.25) is 0 Å². The van der Waals surface area contributed by atoms with Crippen molar-refractivity contribution in [2.75, 3.05) is 0 Å². The summed E-state index contributed by atoms with van der Waals surface area (Å²) in [6.07, 6.45) is 1.37. The van der Waals surface area contributed by atoms with Gasteiger partial charge in [0.2, 0.25) is 5.91 Å². The summed E-state index contributed by atoms with van der Waals surface area (Å²) < 4.78 is 0. The molecule has 2 aromatic heterocycles. The first-order chi connectivity index (χ1) is 7.84. The number of hydrogen-bond acceptors (Lipinski definition) is 4. The molecule has 0 spiro atoms. The van der Waals surface area contributed by atoms with Gasteiger partial charge in [0.1, 0.15) is 0 Å². The van der Waals surface area contributed by atoms with E-state index < -0.39 is 0 Å². The van der Waals surface area contributed by atoms with Crippen molar-refractivity contribution >= 4 is 28.6 Å². The summed E-state index contributed by atoms with van der Waals surface area (Å²) in [6, 6.07) is 4.06. The standard InChI is InChI=1S/C11H12N2OS2/c14-11(4-3-10-2-1-5-16-10)12-6-9-7-15-8-13-9/h1-2,5,7-8H,3-4,6H2,(H,12,14). The molecule has 0 aliphatic rings. The summed E-state index contributed by atoms with van der Waals surface area (Å²) in [5.41, 5.74) is 2.70. The Morgan fingerprint density at radius 1 is 1.50 bits per heavy atom. The second-order valence-corrected chi connectivity index (χ2v) is 5.09. The lowest BCUT2D eigenvalue weighted by molar-refractivity contribution is -0.121. The molecular formula is C11H12N2OS2. The molecule has 5 heteroatoms. The molecule has 0 fully saturated rings. The lowest BCUT2D eigenvalue weighted by atomic mass is 10.2. The van der Waals surface area contributed by atoms with Crippen molar-refractivity contribution in [1.29, 1.82) is 0 Å². The van der Waals surface area contributed by atoms with Gasteiger partial charge in [0.25, 0.3) is 0 Å². The van der Waals surface area contributed by atoms with E-state index >= 15 is 0 Å². The predicted molar refractivity (Wildman–Crippen MR) is 66.6 cm³/mol. The minimum atomic E-state index is 0.0846. The van der Waals surface area contributed by atoms with Gasteiger partial charge in [-0.3, -0.25) is 4.79 Å². The molecule has 84 valence electrons. The number of amides is 1. The number of carbonyl (C=O) groups is 1. The highest BCUT2D eigenvalue weighted by Gasteiger charge is 2.03. The molecule has 0 atom stereocenters. The third-order valence-corrected chi connectivity index (χ3v) is 3.70. The minimum absolute atomic E-state index is 0.0846. The van der Waals surface area contributed by atoms with Crippen molar-refractivity contribution in [2.45, 2.75) is 19.4 Å². The van der Waals surface area contributed by atoms with Gasteiger partial charge >= 0.3 is 0 Å². The zero-order valence-electron chi connectivity index (χ0n) is 8.68. The molecule has 0 unspecified atom stereocenters. The van der Waals surface area contributed by atoms with Crippen molar-refractivity contribution in [3.63, 3.8) is 0 Å². The molecule has 2 rings (SSSR count). The van der Waals surface area contributed by atoms with E-state index in [1.807, 2.05) is 16.8 Å². The van der Waals surface area contributed by atoms with Crippen molar-refractivity contribution in [3.05, 3.63) is 39.0 Å². The maximum Gasteiger partial charge on any atom is 0.220 e. The van der Waals surface area contributed by atoms with Crippen LogP contribution in [0.4, 0.5) is 0 Å². The first-order valence-corrected chi connectivity index (χ1v) is 6.83. The van der Waals surface area contributed by atoms with Gasteiger partial charge in [-0.25, -0.2) is 4.98 Å². The highest BCUT2D eigenvalue weighted by atomic mass is 32.1. The van der Waals surface area contributed by atoms with Crippen LogP contribution < -0.4 is 5.32 Å². The van der Waals surface area contributed by atoms with E-state index in [0.29, 0.717) is 13.0 Å². The van der Waals surface area contributed by atoms with Gasteiger partial charge in [-0.05, 0) is 17.9 Å². The largest absolute Gasteiger partial charge is 0.350 e. The Hall–Kier alpha value is -1.20. The van der Waals surface area contributed by atoms with Crippen LogP contribution in [0.1, 0.15) is 17.0 Å². The highest BCUT2D eigenvalue weighted by Crippen LogP contribution is 2.10. The number of rotatable bonds is 5. The average Bonchev–Trinajstić information content (AvgIpc) is 2.96. The van der Waals surface area contributed by atoms with Crippen LogP contribution in [0, 0.1) is 0 Å². The molecule has 0 radical (unpaired) electrons. The van der Waals surface area contributed by atoms with Gasteiger partial charge in [0.15, 0.2) is 0 Å². The van der Waals surface area contributed by atoms with Crippen LogP contribution in [-0.2, 0) is 17.8 Å². The van der Waals surface area contributed by atoms with E-state index in [-0.39, 0.29) is 5.91 Å². The Bertz CT molecular complexity index is 383. The molecule has 0 aliphatic carbocycles. The number of nitrogens with one attached hydrogen (secondary N) is 1. The Kier molecular flexibility index (Phi) is 4.07. The molecular weight excluding hydrogens is 240 g/mol. The molecule has 0 aromatic carbocycles. The molecule has 2 aromatic rings. The number of hydrogen-bond donors (Lipinski definition) is 1. The molecule has 1 amide bonds. The van der Waals surface area contributed by atoms with E-state index in [9.17, 15) is 4.79 Å². The first kappa shape index (κ1) is 11.3. The van der Waals surface area contributed by atoms with Crippen LogP contribution in [0.25, 0.3) is 0 Å². The smallest absolute Gasteiger partial charge is 0.220 e. The third-order valence-electron chi connectivity index (χ3n) is 2.13. The zero-order chi connectivity index (χ0) is 11.2. The predicted octanol–water partition coefficient (Wildman–Crippen LogP) is 2.45. The zero-order valence-corrected chi connectivity index (χ0v) is 10.3. The summed E-state index contributed by atoms with van der Waals surface area (Å²) in [5, 5.41) is 6.83. The SMILES string of the molecule is O=C(CCc1cccs1)NCc1cscn1. The number of nitrogens with zero attached hydrogens (tertiary/aromatic N) is 1. The van der Waals surface area contributed by atoms with E-state index in [0.717, 1.165) is 12.1 Å². The Labute approximate surface area is 102 Å². The number of carbonyl (C=O) groups excluding carboxylic acids is 1. The molecule has 0 saturated heterocycles. The fourth-order valence-corrected chi connectivity index (χ4v) is 2.56.